The Morgan fingerprint density at radius 3 is 2.70 bits per heavy atom. The first-order valence-corrected chi connectivity index (χ1v) is 8.62. The number of rotatable bonds is 9. The van der Waals surface area contributed by atoms with Gasteiger partial charge in [-0.25, -0.2) is 4.79 Å². The first kappa shape index (κ1) is 20.3. The van der Waals surface area contributed by atoms with Gasteiger partial charge in [0.1, 0.15) is 11.3 Å². The molecule has 0 aliphatic heterocycles. The number of carbonyl (C=O) groups excluding carboxylic acids is 3. The van der Waals surface area contributed by atoms with Gasteiger partial charge in [0.15, 0.2) is 6.61 Å². The molecule has 0 saturated heterocycles. The monoisotopic (exact) mass is 377 g/mol. The van der Waals surface area contributed by atoms with E-state index in [1.807, 2.05) is 6.92 Å². The van der Waals surface area contributed by atoms with E-state index in [0.717, 1.165) is 5.39 Å². The molecule has 146 valence electrons. The van der Waals surface area contributed by atoms with E-state index in [1.165, 1.54) is 7.11 Å². The van der Waals surface area contributed by atoms with Crippen LogP contribution in [0.3, 0.4) is 0 Å². The van der Waals surface area contributed by atoms with Gasteiger partial charge in [-0.1, -0.05) is 0 Å². The summed E-state index contributed by atoms with van der Waals surface area (Å²) in [5.41, 5.74) is 1.16. The Morgan fingerprint density at radius 2 is 2.00 bits per heavy atom. The second-order valence-corrected chi connectivity index (χ2v) is 5.75. The van der Waals surface area contributed by atoms with Crippen molar-refractivity contribution in [1.29, 1.82) is 0 Å². The number of amides is 1. The fourth-order valence-electron chi connectivity index (χ4n) is 2.46. The number of hydrogen-bond donors (Lipinski definition) is 1. The van der Waals surface area contributed by atoms with E-state index in [-0.39, 0.29) is 24.7 Å². The molecular weight excluding hydrogens is 354 g/mol. The second kappa shape index (κ2) is 9.61. The number of benzene rings is 1. The second-order valence-electron chi connectivity index (χ2n) is 5.75. The van der Waals surface area contributed by atoms with Crippen molar-refractivity contribution in [2.24, 2.45) is 0 Å². The zero-order chi connectivity index (χ0) is 19.8. The van der Waals surface area contributed by atoms with Gasteiger partial charge in [-0.2, -0.15) is 0 Å². The SMILES string of the molecule is CCOc1ccc2oc(C(=O)OCC(=O)NCCCC(=O)OC)c(C)c2c1. The van der Waals surface area contributed by atoms with Gasteiger partial charge >= 0.3 is 11.9 Å². The molecule has 0 radical (unpaired) electrons. The molecule has 0 atom stereocenters. The average Bonchev–Trinajstić information content (AvgIpc) is 2.99. The largest absolute Gasteiger partial charge is 0.494 e. The van der Waals surface area contributed by atoms with Crippen molar-refractivity contribution in [3.05, 3.63) is 29.5 Å². The lowest BCUT2D eigenvalue weighted by molar-refractivity contribution is -0.140. The van der Waals surface area contributed by atoms with Crippen molar-refractivity contribution in [3.8, 4) is 5.75 Å². The number of carbonyl (C=O) groups is 3. The zero-order valence-electron chi connectivity index (χ0n) is 15.6. The number of methoxy groups -OCH3 is 1. The zero-order valence-corrected chi connectivity index (χ0v) is 15.6. The number of aryl methyl sites for hydroxylation is 1. The predicted octanol–water partition coefficient (Wildman–Crippen LogP) is 2.37. The van der Waals surface area contributed by atoms with Gasteiger partial charge in [0.2, 0.25) is 5.76 Å². The lowest BCUT2D eigenvalue weighted by Gasteiger charge is -2.05. The third kappa shape index (κ3) is 5.47. The highest BCUT2D eigenvalue weighted by Crippen LogP contribution is 2.29. The van der Waals surface area contributed by atoms with Crippen LogP contribution in [0.5, 0.6) is 5.75 Å². The topological polar surface area (TPSA) is 104 Å². The molecule has 1 aromatic carbocycles. The van der Waals surface area contributed by atoms with Crippen LogP contribution in [0, 0.1) is 6.92 Å². The third-order valence-electron chi connectivity index (χ3n) is 3.85. The fourth-order valence-corrected chi connectivity index (χ4v) is 2.46. The van der Waals surface area contributed by atoms with Gasteiger partial charge in [0.05, 0.1) is 13.7 Å². The maximum atomic E-state index is 12.2. The Hall–Kier alpha value is -3.03. The molecule has 0 bridgehead atoms. The summed E-state index contributed by atoms with van der Waals surface area (Å²) in [4.78, 5) is 34.9. The first-order chi connectivity index (χ1) is 13.0. The van der Waals surface area contributed by atoms with Gasteiger partial charge < -0.3 is 23.9 Å². The van der Waals surface area contributed by atoms with Crippen LogP contribution < -0.4 is 10.1 Å². The number of nitrogens with one attached hydrogen (secondary N) is 1. The lowest BCUT2D eigenvalue weighted by atomic mass is 10.1. The maximum Gasteiger partial charge on any atom is 0.375 e. The van der Waals surface area contributed by atoms with Crippen LogP contribution in [-0.4, -0.2) is 44.7 Å². The molecule has 1 N–H and O–H groups in total. The quantitative estimate of drug-likeness (QED) is 0.528. The molecule has 8 heteroatoms. The minimum atomic E-state index is -0.716. The minimum Gasteiger partial charge on any atom is -0.494 e. The Bertz CT molecular complexity index is 825. The van der Waals surface area contributed by atoms with E-state index in [1.54, 1.807) is 25.1 Å². The number of furan rings is 1. The van der Waals surface area contributed by atoms with E-state index in [4.69, 9.17) is 13.9 Å². The van der Waals surface area contributed by atoms with Crippen molar-refractivity contribution >= 4 is 28.8 Å². The number of fused-ring (bicyclic) bond motifs is 1. The van der Waals surface area contributed by atoms with Gasteiger partial charge in [0, 0.05) is 23.9 Å². The molecule has 0 aliphatic carbocycles. The highest BCUT2D eigenvalue weighted by molar-refractivity contribution is 5.97. The Morgan fingerprint density at radius 1 is 1.22 bits per heavy atom. The molecule has 2 rings (SSSR count). The third-order valence-corrected chi connectivity index (χ3v) is 3.85. The van der Waals surface area contributed by atoms with Crippen LogP contribution in [0.1, 0.15) is 35.9 Å². The first-order valence-electron chi connectivity index (χ1n) is 8.62. The number of esters is 2. The maximum absolute atomic E-state index is 12.2. The van der Waals surface area contributed by atoms with Crippen LogP contribution >= 0.6 is 0 Å². The van der Waals surface area contributed by atoms with E-state index in [2.05, 4.69) is 10.1 Å². The summed E-state index contributed by atoms with van der Waals surface area (Å²) in [6.07, 6.45) is 0.648. The molecule has 8 nitrogen and oxygen atoms in total. The van der Waals surface area contributed by atoms with Gasteiger partial charge in [-0.15, -0.1) is 0 Å². The molecular formula is C19H23NO7. The van der Waals surface area contributed by atoms with E-state index in [9.17, 15) is 14.4 Å². The van der Waals surface area contributed by atoms with E-state index >= 15 is 0 Å². The lowest BCUT2D eigenvalue weighted by Crippen LogP contribution is -2.30. The van der Waals surface area contributed by atoms with Crippen molar-refractivity contribution in [1.82, 2.24) is 5.32 Å². The standard InChI is InChI=1S/C19H23NO7/c1-4-25-13-7-8-15-14(10-13)12(2)18(27-15)19(23)26-11-16(21)20-9-5-6-17(22)24-3/h7-8,10H,4-6,9,11H2,1-3H3,(H,20,21). The van der Waals surface area contributed by atoms with Crippen molar-refractivity contribution in [3.63, 3.8) is 0 Å². The van der Waals surface area contributed by atoms with Crippen molar-refractivity contribution in [2.45, 2.75) is 26.7 Å². The molecule has 0 fully saturated rings. The molecule has 0 spiro atoms. The summed E-state index contributed by atoms with van der Waals surface area (Å²) in [7, 11) is 1.30. The van der Waals surface area contributed by atoms with Crippen LogP contribution in [0.4, 0.5) is 0 Å². The summed E-state index contributed by atoms with van der Waals surface area (Å²) in [6.45, 7) is 4.01. The summed E-state index contributed by atoms with van der Waals surface area (Å²) in [6, 6.07) is 5.27. The predicted molar refractivity (Wildman–Crippen MR) is 96.7 cm³/mol. The van der Waals surface area contributed by atoms with Gasteiger partial charge in [-0.05, 0) is 38.5 Å². The van der Waals surface area contributed by atoms with E-state index in [0.29, 0.717) is 29.9 Å². The highest BCUT2D eigenvalue weighted by atomic mass is 16.5. The molecule has 1 amide bonds. The molecule has 2 aromatic rings. The van der Waals surface area contributed by atoms with Gasteiger partial charge in [-0.3, -0.25) is 9.59 Å². The van der Waals surface area contributed by atoms with Crippen LogP contribution in [0.2, 0.25) is 0 Å². The Kier molecular flexibility index (Phi) is 7.22. The summed E-state index contributed by atoms with van der Waals surface area (Å²) in [5.74, 6) is -0.784. The van der Waals surface area contributed by atoms with Crippen molar-refractivity contribution < 1.29 is 33.0 Å². The fraction of sp³-hybridized carbons (Fsp3) is 0.421. The summed E-state index contributed by atoms with van der Waals surface area (Å²) >= 11 is 0. The smallest absolute Gasteiger partial charge is 0.375 e. The average molecular weight is 377 g/mol. The van der Waals surface area contributed by atoms with Crippen molar-refractivity contribution in [2.75, 3.05) is 26.9 Å². The summed E-state index contributed by atoms with van der Waals surface area (Å²) < 4.78 is 20.5. The molecule has 0 saturated carbocycles. The molecule has 0 unspecified atom stereocenters. The highest BCUT2D eigenvalue weighted by Gasteiger charge is 2.20. The molecule has 27 heavy (non-hydrogen) atoms. The Labute approximate surface area is 156 Å². The Balaban J connectivity index is 1.89. The number of hydrogen-bond acceptors (Lipinski definition) is 7. The van der Waals surface area contributed by atoms with Crippen LogP contribution in [0.15, 0.2) is 22.6 Å². The number of ether oxygens (including phenoxy) is 3. The normalized spacial score (nSPS) is 10.5. The van der Waals surface area contributed by atoms with Crippen LogP contribution in [-0.2, 0) is 19.1 Å². The minimum absolute atomic E-state index is 0.0529. The van der Waals surface area contributed by atoms with E-state index < -0.39 is 18.5 Å². The molecule has 1 aromatic heterocycles. The molecule has 1 heterocycles. The molecule has 0 aliphatic rings. The summed E-state index contributed by atoms with van der Waals surface area (Å²) in [5, 5.41) is 3.31. The van der Waals surface area contributed by atoms with Crippen LogP contribution in [0.25, 0.3) is 11.0 Å². The van der Waals surface area contributed by atoms with Gasteiger partial charge in [0.25, 0.3) is 5.91 Å².